The van der Waals surface area contributed by atoms with Gasteiger partial charge in [0.2, 0.25) is 11.8 Å². The molecular formula is C17H31N3O4. The molecule has 0 unspecified atom stereocenters. The van der Waals surface area contributed by atoms with Gasteiger partial charge in [-0.2, -0.15) is 0 Å². The van der Waals surface area contributed by atoms with Crippen LogP contribution >= 0.6 is 0 Å². The molecule has 0 bridgehead atoms. The quantitative estimate of drug-likeness (QED) is 0.608. The molecule has 1 saturated carbocycles. The Kier molecular flexibility index (Phi) is 8.49. The van der Waals surface area contributed by atoms with Crippen LogP contribution in [0, 0.1) is 11.8 Å². The number of carbonyl (C=O) groups excluding carboxylic acids is 2. The van der Waals surface area contributed by atoms with Gasteiger partial charge >= 0.3 is 0 Å². The van der Waals surface area contributed by atoms with E-state index in [9.17, 15) is 9.59 Å². The fourth-order valence-corrected chi connectivity index (χ4v) is 3.34. The second-order valence-corrected chi connectivity index (χ2v) is 6.58. The van der Waals surface area contributed by atoms with Crippen LogP contribution in [0.15, 0.2) is 0 Å². The van der Waals surface area contributed by atoms with Crippen molar-refractivity contribution >= 4 is 11.8 Å². The summed E-state index contributed by atoms with van der Waals surface area (Å²) in [5.41, 5.74) is 0. The zero-order valence-electron chi connectivity index (χ0n) is 14.7. The average Bonchev–Trinajstić information content (AvgIpc) is 2.63. The molecule has 7 nitrogen and oxygen atoms in total. The number of ether oxygens (including phenoxy) is 2. The van der Waals surface area contributed by atoms with E-state index in [-0.39, 0.29) is 23.7 Å². The lowest BCUT2D eigenvalue weighted by molar-refractivity contribution is -0.130. The van der Waals surface area contributed by atoms with Gasteiger partial charge in [-0.25, -0.2) is 0 Å². The van der Waals surface area contributed by atoms with Crippen molar-refractivity contribution in [3.8, 4) is 0 Å². The summed E-state index contributed by atoms with van der Waals surface area (Å²) in [6.07, 6.45) is 3.18. The van der Waals surface area contributed by atoms with Crippen LogP contribution in [-0.4, -0.2) is 76.4 Å². The van der Waals surface area contributed by atoms with E-state index in [0.29, 0.717) is 19.7 Å². The highest BCUT2D eigenvalue weighted by atomic mass is 16.5. The van der Waals surface area contributed by atoms with Crippen molar-refractivity contribution < 1.29 is 19.1 Å². The van der Waals surface area contributed by atoms with Gasteiger partial charge in [0.15, 0.2) is 0 Å². The molecule has 2 rings (SSSR count). The molecule has 1 saturated heterocycles. The molecule has 0 aromatic rings. The average molecular weight is 341 g/mol. The Bertz CT molecular complexity index is 391. The summed E-state index contributed by atoms with van der Waals surface area (Å²) in [4.78, 5) is 26.6. The van der Waals surface area contributed by atoms with Gasteiger partial charge in [0.05, 0.1) is 19.8 Å². The number of hydrogen-bond donors (Lipinski definition) is 2. The molecule has 24 heavy (non-hydrogen) atoms. The van der Waals surface area contributed by atoms with Gasteiger partial charge in [0.25, 0.3) is 0 Å². The summed E-state index contributed by atoms with van der Waals surface area (Å²) in [6.45, 7) is 6.11. The highest BCUT2D eigenvalue weighted by Gasteiger charge is 2.29. The lowest BCUT2D eigenvalue weighted by Gasteiger charge is -2.28. The molecule has 0 aromatic carbocycles. The molecule has 7 heteroatoms. The molecule has 1 aliphatic carbocycles. The van der Waals surface area contributed by atoms with E-state index in [1.165, 1.54) is 0 Å². The lowest BCUT2D eigenvalue weighted by Crippen LogP contribution is -2.43. The van der Waals surface area contributed by atoms with Gasteiger partial charge in [-0.1, -0.05) is 0 Å². The Morgan fingerprint density at radius 3 is 2.08 bits per heavy atom. The number of nitrogens with one attached hydrogen (secondary N) is 2. The molecule has 0 radical (unpaired) electrons. The standard InChI is InChI=1S/C17H31N3O4/c1-23-11-7-19-17(22)15-4-2-14(3-5-15)16(21)18-6-8-20-9-12-24-13-10-20/h14-15H,2-13H2,1H3,(H,18,21)(H,19,22). The number of rotatable bonds is 8. The molecule has 0 aromatic heterocycles. The number of methoxy groups -OCH3 is 1. The Morgan fingerprint density at radius 1 is 1.00 bits per heavy atom. The first kappa shape index (κ1) is 19.1. The van der Waals surface area contributed by atoms with E-state index in [2.05, 4.69) is 15.5 Å². The Hall–Kier alpha value is -1.18. The largest absolute Gasteiger partial charge is 0.383 e. The first-order valence-electron chi connectivity index (χ1n) is 9.05. The van der Waals surface area contributed by atoms with Crippen LogP contribution in [0.4, 0.5) is 0 Å². The maximum atomic E-state index is 12.3. The molecule has 2 N–H and O–H groups in total. The second kappa shape index (κ2) is 10.6. The first-order valence-corrected chi connectivity index (χ1v) is 9.05. The molecule has 1 heterocycles. The summed E-state index contributed by atoms with van der Waals surface area (Å²) in [5, 5.41) is 5.93. The van der Waals surface area contributed by atoms with Gasteiger partial charge < -0.3 is 20.1 Å². The van der Waals surface area contributed by atoms with Crippen LogP contribution < -0.4 is 10.6 Å². The van der Waals surface area contributed by atoms with Gasteiger partial charge in [-0.05, 0) is 25.7 Å². The number of hydrogen-bond acceptors (Lipinski definition) is 5. The maximum absolute atomic E-state index is 12.3. The molecule has 2 amide bonds. The van der Waals surface area contributed by atoms with Crippen LogP contribution in [0.3, 0.4) is 0 Å². The van der Waals surface area contributed by atoms with Crippen molar-refractivity contribution in [3.05, 3.63) is 0 Å². The third kappa shape index (κ3) is 6.37. The minimum absolute atomic E-state index is 0.0410. The molecular weight excluding hydrogens is 310 g/mol. The highest BCUT2D eigenvalue weighted by molar-refractivity contribution is 5.81. The van der Waals surface area contributed by atoms with Crippen LogP contribution in [0.1, 0.15) is 25.7 Å². The van der Waals surface area contributed by atoms with Gasteiger partial charge in [0.1, 0.15) is 0 Å². The van der Waals surface area contributed by atoms with Crippen molar-refractivity contribution in [2.45, 2.75) is 25.7 Å². The topological polar surface area (TPSA) is 79.9 Å². The van der Waals surface area contributed by atoms with Crippen molar-refractivity contribution in [1.82, 2.24) is 15.5 Å². The minimum Gasteiger partial charge on any atom is -0.383 e. The molecule has 2 fully saturated rings. The van der Waals surface area contributed by atoms with E-state index in [4.69, 9.17) is 9.47 Å². The van der Waals surface area contributed by atoms with Crippen molar-refractivity contribution in [3.63, 3.8) is 0 Å². The molecule has 2 aliphatic rings. The lowest BCUT2D eigenvalue weighted by atomic mass is 9.81. The molecule has 138 valence electrons. The Morgan fingerprint density at radius 2 is 1.54 bits per heavy atom. The van der Waals surface area contributed by atoms with Crippen LogP contribution in [0.5, 0.6) is 0 Å². The fourth-order valence-electron chi connectivity index (χ4n) is 3.34. The monoisotopic (exact) mass is 341 g/mol. The summed E-state index contributed by atoms with van der Waals surface area (Å²) in [7, 11) is 1.62. The zero-order chi connectivity index (χ0) is 17.2. The van der Waals surface area contributed by atoms with E-state index in [1.54, 1.807) is 7.11 Å². The highest BCUT2D eigenvalue weighted by Crippen LogP contribution is 2.29. The first-order chi connectivity index (χ1) is 11.7. The molecule has 0 atom stereocenters. The van der Waals surface area contributed by atoms with Crippen molar-refractivity contribution in [2.24, 2.45) is 11.8 Å². The predicted molar refractivity (Wildman–Crippen MR) is 90.6 cm³/mol. The van der Waals surface area contributed by atoms with Crippen LogP contribution in [-0.2, 0) is 19.1 Å². The van der Waals surface area contributed by atoms with E-state index in [0.717, 1.165) is 58.5 Å². The maximum Gasteiger partial charge on any atom is 0.223 e. The number of amides is 2. The van der Waals surface area contributed by atoms with E-state index < -0.39 is 0 Å². The van der Waals surface area contributed by atoms with E-state index >= 15 is 0 Å². The smallest absolute Gasteiger partial charge is 0.223 e. The van der Waals surface area contributed by atoms with Crippen molar-refractivity contribution in [1.29, 1.82) is 0 Å². The van der Waals surface area contributed by atoms with Gasteiger partial charge in [-0.3, -0.25) is 14.5 Å². The molecule has 0 spiro atoms. The second-order valence-electron chi connectivity index (χ2n) is 6.58. The number of nitrogens with zero attached hydrogens (tertiary/aromatic N) is 1. The zero-order valence-corrected chi connectivity index (χ0v) is 14.7. The summed E-state index contributed by atoms with van der Waals surface area (Å²) in [5.74, 6) is 0.330. The minimum atomic E-state index is 0.0410. The Balaban J connectivity index is 1.58. The SMILES string of the molecule is COCCNC(=O)C1CCC(C(=O)NCCN2CCOCC2)CC1. The third-order valence-electron chi connectivity index (χ3n) is 4.91. The summed E-state index contributed by atoms with van der Waals surface area (Å²) in [6, 6.07) is 0. The van der Waals surface area contributed by atoms with Crippen LogP contribution in [0.25, 0.3) is 0 Å². The van der Waals surface area contributed by atoms with Crippen molar-refractivity contribution in [2.75, 3.05) is 59.7 Å². The van der Waals surface area contributed by atoms with Gasteiger partial charge in [-0.15, -0.1) is 0 Å². The summed E-state index contributed by atoms with van der Waals surface area (Å²) >= 11 is 0. The number of morpholine rings is 1. The Labute approximate surface area is 144 Å². The molecule has 1 aliphatic heterocycles. The number of carbonyl (C=O) groups is 2. The summed E-state index contributed by atoms with van der Waals surface area (Å²) < 4.78 is 10.2. The third-order valence-corrected chi connectivity index (χ3v) is 4.91. The van der Waals surface area contributed by atoms with Gasteiger partial charge in [0, 0.05) is 51.7 Å². The predicted octanol–water partition coefficient (Wildman–Crippen LogP) is 0.00380. The normalized spacial score (nSPS) is 25.2. The van der Waals surface area contributed by atoms with Crippen LogP contribution in [0.2, 0.25) is 0 Å². The van der Waals surface area contributed by atoms with E-state index in [1.807, 2.05) is 0 Å². The fraction of sp³-hybridized carbons (Fsp3) is 0.882.